The standard InChI is InChI=1S/C21H22O4/c1-23-17-13-11-16(12-14-17)21(15-7-3-2-4-8-15)19(25-21)20(22)24-18-9-5-6-10-18/h2-4,7-8,11-14,18-19H,5-6,9-10H2,1H3. The maximum absolute atomic E-state index is 12.7. The summed E-state index contributed by atoms with van der Waals surface area (Å²) in [5.74, 6) is 0.518. The second kappa shape index (κ2) is 6.52. The number of epoxide rings is 1. The van der Waals surface area contributed by atoms with Gasteiger partial charge in [-0.15, -0.1) is 0 Å². The second-order valence-electron chi connectivity index (χ2n) is 6.67. The molecule has 2 unspecified atom stereocenters. The molecule has 4 nitrogen and oxygen atoms in total. The van der Waals surface area contributed by atoms with Gasteiger partial charge in [0, 0.05) is 0 Å². The zero-order chi connectivity index (χ0) is 17.3. The largest absolute Gasteiger partial charge is 0.497 e. The van der Waals surface area contributed by atoms with E-state index in [9.17, 15) is 4.79 Å². The summed E-state index contributed by atoms with van der Waals surface area (Å²) in [4.78, 5) is 12.7. The van der Waals surface area contributed by atoms with Gasteiger partial charge in [-0.2, -0.15) is 0 Å². The van der Waals surface area contributed by atoms with Crippen molar-refractivity contribution in [2.75, 3.05) is 7.11 Å². The van der Waals surface area contributed by atoms with Crippen LogP contribution in [0.1, 0.15) is 36.8 Å². The van der Waals surface area contributed by atoms with Crippen LogP contribution in [0.5, 0.6) is 5.75 Å². The third kappa shape index (κ3) is 2.91. The van der Waals surface area contributed by atoms with Gasteiger partial charge >= 0.3 is 5.97 Å². The van der Waals surface area contributed by atoms with Gasteiger partial charge in [-0.25, -0.2) is 4.79 Å². The third-order valence-corrected chi connectivity index (χ3v) is 5.14. The average Bonchev–Trinajstić information content (AvgIpc) is 3.24. The molecule has 4 rings (SSSR count). The predicted molar refractivity (Wildman–Crippen MR) is 93.4 cm³/mol. The van der Waals surface area contributed by atoms with Crippen molar-refractivity contribution < 1.29 is 19.0 Å². The van der Waals surface area contributed by atoms with E-state index in [4.69, 9.17) is 14.2 Å². The molecule has 25 heavy (non-hydrogen) atoms. The highest BCUT2D eigenvalue weighted by Gasteiger charge is 2.64. The number of hydrogen-bond acceptors (Lipinski definition) is 4. The summed E-state index contributed by atoms with van der Waals surface area (Å²) in [6.45, 7) is 0. The number of rotatable bonds is 5. The first kappa shape index (κ1) is 16.2. The molecule has 2 fully saturated rings. The van der Waals surface area contributed by atoms with E-state index in [0.29, 0.717) is 0 Å². The molecule has 1 heterocycles. The van der Waals surface area contributed by atoms with Gasteiger partial charge in [0.2, 0.25) is 0 Å². The molecule has 0 N–H and O–H groups in total. The van der Waals surface area contributed by atoms with Crippen LogP contribution in [0.15, 0.2) is 54.6 Å². The first-order valence-corrected chi connectivity index (χ1v) is 8.82. The maximum atomic E-state index is 12.7. The first-order chi connectivity index (χ1) is 12.2. The quantitative estimate of drug-likeness (QED) is 0.614. The topological polar surface area (TPSA) is 48.1 Å². The number of hydrogen-bond donors (Lipinski definition) is 0. The van der Waals surface area contributed by atoms with Crippen LogP contribution in [0.4, 0.5) is 0 Å². The van der Waals surface area contributed by atoms with E-state index in [1.807, 2.05) is 54.6 Å². The molecule has 2 aromatic carbocycles. The molecule has 0 spiro atoms. The minimum Gasteiger partial charge on any atom is -0.497 e. The van der Waals surface area contributed by atoms with Crippen molar-refractivity contribution in [3.05, 3.63) is 65.7 Å². The molecule has 0 aromatic heterocycles. The Kier molecular flexibility index (Phi) is 4.22. The zero-order valence-corrected chi connectivity index (χ0v) is 14.3. The van der Waals surface area contributed by atoms with Crippen LogP contribution in [0, 0.1) is 0 Å². The van der Waals surface area contributed by atoms with Crippen molar-refractivity contribution in [2.24, 2.45) is 0 Å². The van der Waals surface area contributed by atoms with Crippen LogP contribution < -0.4 is 4.74 Å². The van der Waals surface area contributed by atoms with Gasteiger partial charge in [-0.3, -0.25) is 0 Å². The molecule has 1 saturated carbocycles. The average molecular weight is 338 g/mol. The van der Waals surface area contributed by atoms with Crippen molar-refractivity contribution in [3.63, 3.8) is 0 Å². The predicted octanol–water partition coefficient (Wildman–Crippen LogP) is 3.82. The lowest BCUT2D eigenvalue weighted by molar-refractivity contribution is -0.150. The molecule has 1 aliphatic heterocycles. The summed E-state index contributed by atoms with van der Waals surface area (Å²) in [6.07, 6.45) is 3.63. The molecule has 0 radical (unpaired) electrons. The van der Waals surface area contributed by atoms with Crippen LogP contribution in [-0.2, 0) is 19.9 Å². The highest BCUT2D eigenvalue weighted by molar-refractivity contribution is 5.82. The molecular weight excluding hydrogens is 316 g/mol. The number of ether oxygens (including phenoxy) is 3. The lowest BCUT2D eigenvalue weighted by Crippen LogP contribution is -2.25. The Hall–Kier alpha value is -2.33. The minimum absolute atomic E-state index is 0.0426. The van der Waals surface area contributed by atoms with E-state index in [-0.39, 0.29) is 12.1 Å². The van der Waals surface area contributed by atoms with Gasteiger partial charge in [0.15, 0.2) is 11.7 Å². The Morgan fingerprint density at radius 1 is 1.00 bits per heavy atom. The number of carbonyl (C=O) groups is 1. The molecule has 2 aliphatic rings. The van der Waals surface area contributed by atoms with Crippen molar-refractivity contribution in [3.8, 4) is 5.75 Å². The Morgan fingerprint density at radius 3 is 2.28 bits per heavy atom. The van der Waals surface area contributed by atoms with Crippen molar-refractivity contribution in [1.29, 1.82) is 0 Å². The van der Waals surface area contributed by atoms with Crippen LogP contribution in [0.3, 0.4) is 0 Å². The van der Waals surface area contributed by atoms with Crippen LogP contribution >= 0.6 is 0 Å². The fourth-order valence-electron chi connectivity index (χ4n) is 3.73. The van der Waals surface area contributed by atoms with Crippen molar-refractivity contribution in [2.45, 2.75) is 43.5 Å². The summed E-state index contributed by atoms with van der Waals surface area (Å²) >= 11 is 0. The fourth-order valence-corrected chi connectivity index (χ4v) is 3.73. The smallest absolute Gasteiger partial charge is 0.339 e. The lowest BCUT2D eigenvalue weighted by Gasteiger charge is -2.16. The maximum Gasteiger partial charge on any atom is 0.339 e. The van der Waals surface area contributed by atoms with Crippen LogP contribution in [-0.4, -0.2) is 25.3 Å². The van der Waals surface area contributed by atoms with E-state index in [0.717, 1.165) is 42.6 Å². The van der Waals surface area contributed by atoms with E-state index >= 15 is 0 Å². The van der Waals surface area contributed by atoms with Crippen LogP contribution in [0.25, 0.3) is 0 Å². The highest BCUT2D eigenvalue weighted by atomic mass is 16.7. The van der Waals surface area contributed by atoms with Crippen molar-refractivity contribution in [1.82, 2.24) is 0 Å². The summed E-state index contributed by atoms with van der Waals surface area (Å²) in [5.41, 5.74) is 1.14. The molecular formula is C21H22O4. The molecule has 2 aromatic rings. The van der Waals surface area contributed by atoms with E-state index in [1.54, 1.807) is 7.11 Å². The summed E-state index contributed by atoms with van der Waals surface area (Å²) in [6, 6.07) is 17.6. The van der Waals surface area contributed by atoms with Gasteiger partial charge in [0.05, 0.1) is 7.11 Å². The minimum atomic E-state index is -0.761. The van der Waals surface area contributed by atoms with Crippen molar-refractivity contribution >= 4 is 5.97 Å². The summed E-state index contributed by atoms with van der Waals surface area (Å²) in [5, 5.41) is 0. The molecule has 0 amide bonds. The Balaban J connectivity index is 1.63. The van der Waals surface area contributed by atoms with Crippen LogP contribution in [0.2, 0.25) is 0 Å². The van der Waals surface area contributed by atoms with Gasteiger partial charge in [0.1, 0.15) is 11.9 Å². The third-order valence-electron chi connectivity index (χ3n) is 5.14. The highest BCUT2D eigenvalue weighted by Crippen LogP contribution is 2.52. The Labute approximate surface area is 147 Å². The van der Waals surface area contributed by atoms with Gasteiger partial charge in [0.25, 0.3) is 0 Å². The number of carbonyl (C=O) groups excluding carboxylic acids is 1. The summed E-state index contributed by atoms with van der Waals surface area (Å²) in [7, 11) is 1.64. The number of esters is 1. The Morgan fingerprint density at radius 2 is 1.64 bits per heavy atom. The van der Waals surface area contributed by atoms with Gasteiger partial charge in [-0.05, 0) is 48.9 Å². The molecule has 1 saturated heterocycles. The molecule has 130 valence electrons. The first-order valence-electron chi connectivity index (χ1n) is 8.82. The molecule has 4 heteroatoms. The monoisotopic (exact) mass is 338 g/mol. The number of benzene rings is 2. The molecule has 1 aliphatic carbocycles. The zero-order valence-electron chi connectivity index (χ0n) is 14.3. The lowest BCUT2D eigenvalue weighted by atomic mass is 9.88. The van der Waals surface area contributed by atoms with E-state index in [2.05, 4.69) is 0 Å². The molecule has 0 bridgehead atoms. The van der Waals surface area contributed by atoms with E-state index < -0.39 is 11.7 Å². The van der Waals surface area contributed by atoms with Gasteiger partial charge in [-0.1, -0.05) is 42.5 Å². The second-order valence-corrected chi connectivity index (χ2v) is 6.67. The fraction of sp³-hybridized carbons (Fsp3) is 0.381. The number of methoxy groups -OCH3 is 1. The SMILES string of the molecule is COc1ccc(C2(c3ccccc3)OC2C(=O)OC2CCCC2)cc1. The van der Waals surface area contributed by atoms with E-state index in [1.165, 1.54) is 0 Å². The normalized spacial score (nSPS) is 25.6. The molecule has 2 atom stereocenters. The Bertz CT molecular complexity index is 734. The summed E-state index contributed by atoms with van der Waals surface area (Å²) < 4.78 is 16.9. The van der Waals surface area contributed by atoms with Gasteiger partial charge < -0.3 is 14.2 Å².